The fourth-order valence-corrected chi connectivity index (χ4v) is 4.31. The van der Waals surface area contributed by atoms with Crippen LogP contribution in [0.3, 0.4) is 0 Å². The minimum Gasteiger partial charge on any atom is -0.469 e. The lowest BCUT2D eigenvalue weighted by molar-refractivity contribution is -0.141. The zero-order valence-electron chi connectivity index (χ0n) is 17.2. The third-order valence-corrected chi connectivity index (χ3v) is 6.21. The molecule has 32 heavy (non-hydrogen) atoms. The average Bonchev–Trinajstić information content (AvgIpc) is 3.43. The topological polar surface area (TPSA) is 92.8 Å². The lowest BCUT2D eigenvalue weighted by atomic mass is 10.1. The lowest BCUT2D eigenvalue weighted by Crippen LogP contribution is -2.30. The van der Waals surface area contributed by atoms with Gasteiger partial charge >= 0.3 is 5.97 Å². The maximum Gasteiger partial charge on any atom is 0.307 e. The first-order valence-electron chi connectivity index (χ1n) is 9.93. The molecule has 0 saturated heterocycles. The predicted molar refractivity (Wildman–Crippen MR) is 118 cm³/mol. The Balaban J connectivity index is 1.44. The maximum atomic E-state index is 12.8. The van der Waals surface area contributed by atoms with Gasteiger partial charge in [-0.05, 0) is 41.3 Å². The van der Waals surface area contributed by atoms with E-state index < -0.39 is 12.0 Å². The van der Waals surface area contributed by atoms with Crippen molar-refractivity contribution in [2.75, 3.05) is 7.11 Å². The van der Waals surface area contributed by atoms with Gasteiger partial charge in [0.2, 0.25) is 0 Å². The molecule has 1 N–H and O–H groups in total. The molecule has 0 unspecified atom stereocenters. The first-order valence-corrected chi connectivity index (χ1v) is 10.8. The molecule has 2 aromatic carbocycles. The van der Waals surface area contributed by atoms with E-state index in [1.807, 2.05) is 17.5 Å². The molecule has 1 aliphatic rings. The monoisotopic (exact) mass is 448 g/mol. The summed E-state index contributed by atoms with van der Waals surface area (Å²) in [6.45, 7) is 0.119. The molecule has 2 heterocycles. The minimum atomic E-state index is -0.493. The van der Waals surface area contributed by atoms with E-state index in [0.717, 1.165) is 10.4 Å². The first-order chi connectivity index (χ1) is 15.5. The summed E-state index contributed by atoms with van der Waals surface area (Å²) in [7, 11) is 1.31. The maximum absolute atomic E-state index is 12.8. The Morgan fingerprint density at radius 1 is 0.969 bits per heavy atom. The van der Waals surface area contributed by atoms with Gasteiger partial charge < -0.3 is 10.1 Å². The van der Waals surface area contributed by atoms with Crippen LogP contribution in [0.2, 0.25) is 0 Å². The summed E-state index contributed by atoms with van der Waals surface area (Å²) in [5.41, 5.74) is 1.93. The molecule has 3 aromatic rings. The van der Waals surface area contributed by atoms with E-state index in [4.69, 9.17) is 4.74 Å². The van der Waals surface area contributed by atoms with Gasteiger partial charge in [-0.1, -0.05) is 30.3 Å². The second kappa shape index (κ2) is 9.15. The predicted octanol–water partition coefficient (Wildman–Crippen LogP) is 3.58. The van der Waals surface area contributed by atoms with Crippen LogP contribution in [0, 0.1) is 0 Å². The molecular formula is C24H20N2O5S. The Labute approximate surface area is 188 Å². The highest BCUT2D eigenvalue weighted by Gasteiger charge is 2.34. The van der Waals surface area contributed by atoms with Crippen molar-refractivity contribution in [2.24, 2.45) is 0 Å². The largest absolute Gasteiger partial charge is 0.469 e. The smallest absolute Gasteiger partial charge is 0.307 e. The van der Waals surface area contributed by atoms with Gasteiger partial charge in [0.1, 0.15) is 0 Å². The van der Waals surface area contributed by atoms with Gasteiger partial charge in [-0.2, -0.15) is 0 Å². The number of rotatable bonds is 7. The lowest BCUT2D eigenvalue weighted by Gasteiger charge is -2.17. The van der Waals surface area contributed by atoms with E-state index in [9.17, 15) is 19.2 Å². The molecular weight excluding hydrogens is 428 g/mol. The summed E-state index contributed by atoms with van der Waals surface area (Å²) in [6, 6.07) is 16.6. The van der Waals surface area contributed by atoms with E-state index in [2.05, 4.69) is 5.32 Å². The Hall–Kier alpha value is -3.78. The molecule has 0 bridgehead atoms. The summed E-state index contributed by atoms with van der Waals surface area (Å²) >= 11 is 1.44. The molecule has 0 radical (unpaired) electrons. The summed E-state index contributed by atoms with van der Waals surface area (Å²) < 4.78 is 4.74. The number of imide groups is 1. The summed E-state index contributed by atoms with van der Waals surface area (Å²) in [6.07, 6.45) is 0.0284. The molecule has 162 valence electrons. The Morgan fingerprint density at radius 3 is 2.19 bits per heavy atom. The Bertz CT molecular complexity index is 1140. The van der Waals surface area contributed by atoms with Crippen molar-refractivity contribution in [3.8, 4) is 0 Å². The fraction of sp³-hybridized carbons (Fsp3) is 0.167. The zero-order chi connectivity index (χ0) is 22.7. The summed E-state index contributed by atoms with van der Waals surface area (Å²) in [5, 5.41) is 4.75. The molecule has 0 spiro atoms. The number of hydrogen-bond acceptors (Lipinski definition) is 6. The second-order valence-corrected chi connectivity index (χ2v) is 8.24. The number of nitrogens with one attached hydrogen (secondary N) is 1. The number of amides is 3. The molecule has 1 aromatic heterocycles. The van der Waals surface area contributed by atoms with Crippen molar-refractivity contribution >= 4 is 35.0 Å². The highest BCUT2D eigenvalue weighted by Crippen LogP contribution is 2.25. The second-order valence-electron chi connectivity index (χ2n) is 7.26. The number of hydrogen-bond donors (Lipinski definition) is 1. The third-order valence-electron chi connectivity index (χ3n) is 5.23. The third kappa shape index (κ3) is 4.31. The van der Waals surface area contributed by atoms with E-state index in [1.54, 1.807) is 48.5 Å². The van der Waals surface area contributed by atoms with Crippen molar-refractivity contribution in [3.05, 3.63) is 93.2 Å². The molecule has 1 atom stereocenters. The van der Waals surface area contributed by atoms with Gasteiger partial charge in [0.15, 0.2) is 0 Å². The molecule has 0 fully saturated rings. The number of carbonyl (C=O) groups excluding carboxylic acids is 4. The quantitative estimate of drug-likeness (QED) is 0.441. The molecule has 0 aliphatic carbocycles. The SMILES string of the molecule is COC(=O)C[C@H](NC(=O)c1ccc(CN2C(=O)c3ccccc3C2=O)cc1)c1cccs1. The number of esters is 1. The molecule has 3 amide bonds. The van der Waals surface area contributed by atoms with Crippen molar-refractivity contribution < 1.29 is 23.9 Å². The minimum absolute atomic E-state index is 0.0284. The summed E-state index contributed by atoms with van der Waals surface area (Å²) in [4.78, 5) is 51.6. The van der Waals surface area contributed by atoms with Gasteiger partial charge in [-0.15, -0.1) is 11.3 Å². The van der Waals surface area contributed by atoms with E-state index in [1.165, 1.54) is 23.3 Å². The van der Waals surface area contributed by atoms with Crippen LogP contribution >= 0.6 is 11.3 Å². The highest BCUT2D eigenvalue weighted by atomic mass is 32.1. The number of ether oxygens (including phenoxy) is 1. The number of thiophene rings is 1. The van der Waals surface area contributed by atoms with Crippen LogP contribution in [0.1, 0.15) is 54.0 Å². The van der Waals surface area contributed by atoms with Crippen LogP contribution in [0.15, 0.2) is 66.0 Å². The average molecular weight is 449 g/mol. The van der Waals surface area contributed by atoms with E-state index >= 15 is 0 Å². The van der Waals surface area contributed by atoms with Crippen molar-refractivity contribution in [1.29, 1.82) is 0 Å². The highest BCUT2D eigenvalue weighted by molar-refractivity contribution is 7.10. The standard InChI is InChI=1S/C24H20N2O5S/c1-31-21(27)13-19(20-7-4-12-32-20)25-22(28)16-10-8-15(9-11-16)14-26-23(29)17-5-2-3-6-18(17)24(26)30/h2-12,19H,13-14H2,1H3,(H,25,28)/t19-/m0/s1. The van der Waals surface area contributed by atoms with Crippen molar-refractivity contribution in [3.63, 3.8) is 0 Å². The van der Waals surface area contributed by atoms with Crippen molar-refractivity contribution in [2.45, 2.75) is 19.0 Å². The molecule has 8 heteroatoms. The normalized spacial score (nSPS) is 13.6. The zero-order valence-corrected chi connectivity index (χ0v) is 18.1. The Morgan fingerprint density at radius 2 is 1.62 bits per heavy atom. The van der Waals surface area contributed by atoms with Gasteiger partial charge in [-0.3, -0.25) is 24.1 Å². The van der Waals surface area contributed by atoms with Crippen LogP contribution in [0.25, 0.3) is 0 Å². The molecule has 7 nitrogen and oxygen atoms in total. The molecule has 4 rings (SSSR count). The van der Waals surface area contributed by atoms with Gasteiger partial charge in [0.25, 0.3) is 17.7 Å². The number of nitrogens with zero attached hydrogens (tertiary/aromatic N) is 1. The molecule has 1 aliphatic heterocycles. The molecule has 0 saturated carbocycles. The van der Waals surface area contributed by atoms with Crippen LogP contribution in [-0.4, -0.2) is 35.7 Å². The number of benzene rings is 2. The fourth-order valence-electron chi connectivity index (χ4n) is 3.53. The van der Waals surface area contributed by atoms with E-state index in [-0.39, 0.29) is 30.7 Å². The van der Waals surface area contributed by atoms with Crippen LogP contribution in [0.4, 0.5) is 0 Å². The Kier molecular flexibility index (Phi) is 6.13. The number of methoxy groups -OCH3 is 1. The van der Waals surface area contributed by atoms with Gasteiger partial charge in [0, 0.05) is 10.4 Å². The van der Waals surface area contributed by atoms with Crippen LogP contribution < -0.4 is 5.32 Å². The van der Waals surface area contributed by atoms with Crippen LogP contribution in [-0.2, 0) is 16.1 Å². The van der Waals surface area contributed by atoms with Gasteiger partial charge in [-0.25, -0.2) is 0 Å². The summed E-state index contributed by atoms with van der Waals surface area (Å²) in [5.74, 6) is -1.40. The number of fused-ring (bicyclic) bond motifs is 1. The first kappa shape index (κ1) is 21.5. The van der Waals surface area contributed by atoms with Crippen LogP contribution in [0.5, 0.6) is 0 Å². The van der Waals surface area contributed by atoms with Crippen molar-refractivity contribution in [1.82, 2.24) is 10.2 Å². The number of carbonyl (C=O) groups is 4. The van der Waals surface area contributed by atoms with E-state index in [0.29, 0.717) is 16.7 Å². The van der Waals surface area contributed by atoms with Gasteiger partial charge in [0.05, 0.1) is 37.2 Å².